The van der Waals surface area contributed by atoms with Crippen molar-refractivity contribution in [3.05, 3.63) is 294 Å². The van der Waals surface area contributed by atoms with Crippen LogP contribution < -0.4 is 9.80 Å². The molecule has 0 radical (unpaired) electrons. The van der Waals surface area contributed by atoms with Crippen molar-refractivity contribution in [1.29, 1.82) is 0 Å². The second-order valence-corrected chi connectivity index (χ2v) is 26.6. The number of furan rings is 2. The molecule has 13 aromatic carbocycles. The highest BCUT2D eigenvalue weighted by Crippen LogP contribution is 2.64. The molecule has 1 aliphatic carbocycles. The van der Waals surface area contributed by atoms with Gasteiger partial charge in [-0.05, 0) is 139 Å². The zero-order valence-electron chi connectivity index (χ0n) is 50.6. The standard InChI is InChI=1S/C83H59F2N3O2/c1-81(2,3)63-30-17-25-54-56-27-19-37-72(79(56)89-77(54)63)86(70-35-15-12-32-66(70)84)50-41-44-68-58(45-50)59-46-51(87(71-36-16-13-33-67(71)85)73-38-20-28-57-55-26-18-31-64(82(4,5)6)78(55)90-80(57)73)47-65-76(59)88(68)69-34-14-11-29-60(69)83(65)61-42-39-48-21-7-9-23-52(48)74(61)75-53-24-10-8-22-49(53)40-43-62(75)83/h7-47H,1-6H3. The number of para-hydroxylation sites is 7. The molecule has 90 heavy (non-hydrogen) atoms. The van der Waals surface area contributed by atoms with Crippen LogP contribution in [0.15, 0.2) is 258 Å². The maximum atomic E-state index is 17.6. The van der Waals surface area contributed by atoms with Crippen molar-refractivity contribution in [2.24, 2.45) is 0 Å². The van der Waals surface area contributed by atoms with Gasteiger partial charge in [0.25, 0.3) is 0 Å². The Balaban J connectivity index is 1.00. The Hall–Kier alpha value is -10.8. The van der Waals surface area contributed by atoms with Gasteiger partial charge < -0.3 is 23.2 Å². The first kappa shape index (κ1) is 52.4. The first-order valence-electron chi connectivity index (χ1n) is 31.0. The molecule has 7 heteroatoms. The largest absolute Gasteiger partial charge is 0.454 e. The normalized spacial score (nSPS) is 13.4. The average Bonchev–Trinajstić information content (AvgIpc) is 1.47. The molecule has 0 fully saturated rings. The van der Waals surface area contributed by atoms with Gasteiger partial charge in [0.2, 0.25) is 0 Å². The van der Waals surface area contributed by atoms with Gasteiger partial charge in [-0.15, -0.1) is 0 Å². The maximum absolute atomic E-state index is 17.6. The van der Waals surface area contributed by atoms with Crippen molar-refractivity contribution in [1.82, 2.24) is 4.57 Å². The first-order valence-corrected chi connectivity index (χ1v) is 31.0. The molecule has 16 aromatic rings. The van der Waals surface area contributed by atoms with Gasteiger partial charge in [-0.1, -0.05) is 217 Å². The van der Waals surface area contributed by atoms with Gasteiger partial charge in [-0.25, -0.2) is 8.78 Å². The van der Waals surface area contributed by atoms with Crippen LogP contribution in [-0.2, 0) is 16.2 Å². The van der Waals surface area contributed by atoms with Gasteiger partial charge in [0.05, 0.1) is 44.9 Å². The predicted molar refractivity (Wildman–Crippen MR) is 368 cm³/mol. The Kier molecular flexibility index (Phi) is 10.8. The van der Waals surface area contributed by atoms with Gasteiger partial charge >= 0.3 is 0 Å². The molecule has 18 rings (SSSR count). The van der Waals surface area contributed by atoms with Crippen LogP contribution in [0.5, 0.6) is 0 Å². The smallest absolute Gasteiger partial charge is 0.159 e. The van der Waals surface area contributed by atoms with Crippen molar-refractivity contribution in [2.45, 2.75) is 57.8 Å². The van der Waals surface area contributed by atoms with Gasteiger partial charge in [-0.3, -0.25) is 0 Å². The van der Waals surface area contributed by atoms with E-state index < -0.39 is 5.41 Å². The average molecular weight is 1170 g/mol. The molecule has 0 atom stereocenters. The van der Waals surface area contributed by atoms with Crippen molar-refractivity contribution in [3.63, 3.8) is 0 Å². The minimum Gasteiger partial charge on any atom is -0.454 e. The lowest BCUT2D eigenvalue weighted by Gasteiger charge is -2.40. The number of aromatic nitrogens is 1. The monoisotopic (exact) mass is 1170 g/mol. The zero-order valence-corrected chi connectivity index (χ0v) is 50.6. The number of hydrogen-bond acceptors (Lipinski definition) is 4. The quantitative estimate of drug-likeness (QED) is 0.166. The number of anilines is 6. The summed E-state index contributed by atoms with van der Waals surface area (Å²) in [6, 6.07) is 86.0. The van der Waals surface area contributed by atoms with Crippen LogP contribution in [0.4, 0.5) is 42.9 Å². The van der Waals surface area contributed by atoms with E-state index in [4.69, 9.17) is 8.83 Å². The van der Waals surface area contributed by atoms with E-state index in [1.54, 1.807) is 18.2 Å². The minimum atomic E-state index is -0.924. The highest BCUT2D eigenvalue weighted by atomic mass is 19.1. The van der Waals surface area contributed by atoms with E-state index in [0.717, 1.165) is 105 Å². The van der Waals surface area contributed by atoms with Crippen LogP contribution in [0, 0.1) is 11.6 Å². The third kappa shape index (κ3) is 7.11. The van der Waals surface area contributed by atoms with Gasteiger partial charge in [-0.2, -0.15) is 0 Å². The Bertz CT molecular complexity index is 5680. The molecule has 432 valence electrons. The summed E-state index contributed by atoms with van der Waals surface area (Å²) < 4.78 is 51.5. The summed E-state index contributed by atoms with van der Waals surface area (Å²) in [6.45, 7) is 13.2. The third-order valence-corrected chi connectivity index (χ3v) is 19.5. The summed E-state index contributed by atoms with van der Waals surface area (Å²) >= 11 is 0. The van der Waals surface area contributed by atoms with Gasteiger partial charge in [0.1, 0.15) is 22.8 Å². The summed E-state index contributed by atoms with van der Waals surface area (Å²) in [5.41, 5.74) is 17.2. The fourth-order valence-electron chi connectivity index (χ4n) is 15.7. The lowest BCUT2D eigenvalue weighted by Crippen LogP contribution is -2.33. The molecule has 3 aromatic heterocycles. The Labute approximate surface area is 518 Å². The van der Waals surface area contributed by atoms with E-state index in [2.05, 4.69) is 239 Å². The lowest BCUT2D eigenvalue weighted by atomic mass is 9.65. The third-order valence-electron chi connectivity index (χ3n) is 19.5. The molecule has 2 aliphatic rings. The molecular formula is C83H59F2N3O2. The summed E-state index contributed by atoms with van der Waals surface area (Å²) in [7, 11) is 0. The molecule has 0 amide bonds. The molecule has 0 saturated carbocycles. The van der Waals surface area contributed by atoms with Crippen molar-refractivity contribution in [2.75, 3.05) is 9.80 Å². The molecule has 1 spiro atoms. The number of halogens is 2. The fraction of sp³-hybridized carbons (Fsp3) is 0.108. The zero-order chi connectivity index (χ0) is 60.7. The molecule has 5 nitrogen and oxygen atoms in total. The highest BCUT2D eigenvalue weighted by Gasteiger charge is 2.52. The van der Waals surface area contributed by atoms with Crippen LogP contribution in [0.1, 0.15) is 74.9 Å². The SMILES string of the molecule is CC(C)(C)c1cccc2c1oc1c(N(c3ccc4c(c3)c3cc(N(c5ccccc5F)c5cccc6c5oc5c(C(C)(C)C)cccc56)cc5c3n4-c3ccccc3C53c4ccc5ccccc5c4-c4c3ccc3ccccc43)c3ccccc3F)cccc12. The van der Waals surface area contributed by atoms with Gasteiger partial charge in [0, 0.05) is 54.8 Å². The van der Waals surface area contributed by atoms with Crippen LogP contribution in [0.3, 0.4) is 0 Å². The van der Waals surface area contributed by atoms with Crippen molar-refractivity contribution >= 4 is 121 Å². The van der Waals surface area contributed by atoms with E-state index in [9.17, 15) is 0 Å². The Morgan fingerprint density at radius 1 is 0.344 bits per heavy atom. The van der Waals surface area contributed by atoms with Crippen LogP contribution >= 0.6 is 0 Å². The lowest BCUT2D eigenvalue weighted by molar-refractivity contribution is 0.572. The minimum absolute atomic E-state index is 0.211. The van der Waals surface area contributed by atoms with Crippen LogP contribution in [0.25, 0.3) is 104 Å². The van der Waals surface area contributed by atoms with E-state index in [0.29, 0.717) is 33.9 Å². The predicted octanol–water partition coefficient (Wildman–Crippen LogP) is 23.4. The molecule has 1 aliphatic heterocycles. The maximum Gasteiger partial charge on any atom is 0.159 e. The summed E-state index contributed by atoms with van der Waals surface area (Å²) in [4.78, 5) is 4.09. The highest BCUT2D eigenvalue weighted by molar-refractivity contribution is 6.20. The van der Waals surface area contributed by atoms with E-state index in [-0.39, 0.29) is 22.5 Å². The summed E-state index contributed by atoms with van der Waals surface area (Å²) in [5, 5.41) is 10.4. The number of rotatable bonds is 6. The second-order valence-electron chi connectivity index (χ2n) is 26.6. The van der Waals surface area contributed by atoms with E-state index in [1.165, 1.54) is 39.1 Å². The Morgan fingerprint density at radius 3 is 1.33 bits per heavy atom. The van der Waals surface area contributed by atoms with E-state index >= 15 is 8.78 Å². The topological polar surface area (TPSA) is 37.7 Å². The number of hydrogen-bond donors (Lipinski definition) is 0. The molecule has 0 saturated heterocycles. The molecule has 0 bridgehead atoms. The number of nitrogens with zero attached hydrogens (tertiary/aromatic N) is 3. The molecule has 0 unspecified atom stereocenters. The van der Waals surface area contributed by atoms with E-state index in [1.807, 2.05) is 41.3 Å². The van der Waals surface area contributed by atoms with Crippen LogP contribution in [-0.4, -0.2) is 4.57 Å². The summed E-state index contributed by atoms with van der Waals surface area (Å²) in [6.07, 6.45) is 0. The number of fused-ring (bicyclic) bond motifs is 22. The molecule has 0 N–H and O–H groups in total. The second kappa shape index (κ2) is 18.6. The number of benzene rings is 13. The summed E-state index contributed by atoms with van der Waals surface area (Å²) in [5.74, 6) is -0.765. The van der Waals surface area contributed by atoms with Crippen molar-refractivity contribution in [3.8, 4) is 16.8 Å². The molecular weight excluding hydrogens is 1110 g/mol. The Morgan fingerprint density at radius 2 is 0.789 bits per heavy atom. The van der Waals surface area contributed by atoms with Crippen molar-refractivity contribution < 1.29 is 17.6 Å². The van der Waals surface area contributed by atoms with Gasteiger partial charge in [0.15, 0.2) is 11.2 Å². The first-order chi connectivity index (χ1) is 43.8. The fourth-order valence-corrected chi connectivity index (χ4v) is 15.7. The molecule has 4 heterocycles. The van der Waals surface area contributed by atoms with Crippen LogP contribution in [0.2, 0.25) is 0 Å².